The van der Waals surface area contributed by atoms with Gasteiger partial charge in [0.25, 0.3) is 5.91 Å². The van der Waals surface area contributed by atoms with Crippen molar-refractivity contribution in [3.63, 3.8) is 0 Å². The molecule has 1 aromatic heterocycles. The van der Waals surface area contributed by atoms with Crippen LogP contribution in [0.2, 0.25) is 10.0 Å². The van der Waals surface area contributed by atoms with Crippen LogP contribution in [0, 0.1) is 0 Å². The van der Waals surface area contributed by atoms with Crippen molar-refractivity contribution in [1.29, 1.82) is 0 Å². The van der Waals surface area contributed by atoms with Crippen LogP contribution >= 0.6 is 23.2 Å². The van der Waals surface area contributed by atoms with Gasteiger partial charge in [0.2, 0.25) is 0 Å². The molecule has 0 saturated heterocycles. The van der Waals surface area contributed by atoms with Gasteiger partial charge in [0.15, 0.2) is 6.61 Å². The van der Waals surface area contributed by atoms with Crippen LogP contribution in [0.5, 0.6) is 5.75 Å². The number of halogens is 2. The third-order valence-electron chi connectivity index (χ3n) is 5.38. The Morgan fingerprint density at radius 2 is 1.74 bits per heavy atom. The Morgan fingerprint density at radius 3 is 2.54 bits per heavy atom. The van der Waals surface area contributed by atoms with Gasteiger partial charge in [-0.2, -0.15) is 0 Å². The zero-order chi connectivity index (χ0) is 24.6. The molecule has 0 aliphatic rings. The molecule has 0 fully saturated rings. The number of amides is 1. The maximum absolute atomic E-state index is 13.0. The number of hydrogen-bond donors (Lipinski definition) is 1. The molecule has 1 amide bonds. The first-order chi connectivity index (χ1) is 17.0. The standard InChI is InChI=1S/C27H24Cl2N2O4/c28-20-11-12-25(22(29)15-20)34-18-26(32)31(17-19-7-2-1-3-8-19)14-6-13-30-23-16-27(33)35-24-10-5-4-9-21(23)24/h1-5,7-12,15-16,30H,6,13-14,17-18H2. The monoisotopic (exact) mass is 510 g/mol. The van der Waals surface area contributed by atoms with Gasteiger partial charge in [0, 0.05) is 36.1 Å². The zero-order valence-corrected chi connectivity index (χ0v) is 20.4. The van der Waals surface area contributed by atoms with Crippen molar-refractivity contribution in [2.45, 2.75) is 13.0 Å². The maximum atomic E-state index is 13.0. The molecule has 0 radical (unpaired) electrons. The van der Waals surface area contributed by atoms with Gasteiger partial charge in [0.05, 0.1) is 10.7 Å². The number of benzene rings is 3. The number of rotatable bonds is 10. The fraction of sp³-hybridized carbons (Fsp3) is 0.185. The summed E-state index contributed by atoms with van der Waals surface area (Å²) < 4.78 is 10.9. The summed E-state index contributed by atoms with van der Waals surface area (Å²) >= 11 is 12.1. The average Bonchev–Trinajstić information content (AvgIpc) is 2.85. The van der Waals surface area contributed by atoms with Crippen LogP contribution in [-0.4, -0.2) is 30.5 Å². The molecule has 4 rings (SSSR count). The molecule has 0 spiro atoms. The lowest BCUT2D eigenvalue weighted by Crippen LogP contribution is -2.36. The normalized spacial score (nSPS) is 10.8. The van der Waals surface area contributed by atoms with Crippen molar-refractivity contribution in [3.05, 3.63) is 105 Å². The van der Waals surface area contributed by atoms with Gasteiger partial charge in [0.1, 0.15) is 11.3 Å². The lowest BCUT2D eigenvalue weighted by molar-refractivity contribution is -0.134. The highest BCUT2D eigenvalue weighted by Crippen LogP contribution is 2.27. The Kier molecular flexibility index (Phi) is 8.29. The fourth-order valence-electron chi connectivity index (χ4n) is 3.67. The quantitative estimate of drug-likeness (QED) is 0.209. The second-order valence-electron chi connectivity index (χ2n) is 7.92. The van der Waals surface area contributed by atoms with E-state index in [1.807, 2.05) is 48.5 Å². The molecule has 0 aliphatic heterocycles. The number of fused-ring (bicyclic) bond motifs is 1. The number of para-hydroxylation sites is 1. The number of nitrogens with zero attached hydrogens (tertiary/aromatic N) is 1. The fourth-order valence-corrected chi connectivity index (χ4v) is 4.13. The van der Waals surface area contributed by atoms with Gasteiger partial charge in [-0.15, -0.1) is 0 Å². The van der Waals surface area contributed by atoms with Crippen LogP contribution < -0.4 is 15.7 Å². The third kappa shape index (κ3) is 6.78. The summed E-state index contributed by atoms with van der Waals surface area (Å²) in [5.74, 6) is 0.242. The predicted molar refractivity (Wildman–Crippen MR) is 139 cm³/mol. The summed E-state index contributed by atoms with van der Waals surface area (Å²) in [5, 5.41) is 4.98. The van der Waals surface area contributed by atoms with E-state index in [1.54, 1.807) is 29.2 Å². The second kappa shape index (κ2) is 11.8. The molecule has 1 N–H and O–H groups in total. The molecule has 0 saturated carbocycles. The van der Waals surface area contributed by atoms with E-state index >= 15 is 0 Å². The molecule has 3 aromatic carbocycles. The van der Waals surface area contributed by atoms with E-state index in [0.717, 1.165) is 10.9 Å². The summed E-state index contributed by atoms with van der Waals surface area (Å²) in [4.78, 5) is 26.7. The van der Waals surface area contributed by atoms with Crippen LogP contribution in [0.3, 0.4) is 0 Å². The minimum absolute atomic E-state index is 0.147. The third-order valence-corrected chi connectivity index (χ3v) is 5.91. The molecule has 0 aliphatic carbocycles. The van der Waals surface area contributed by atoms with E-state index in [4.69, 9.17) is 32.4 Å². The van der Waals surface area contributed by atoms with Gasteiger partial charge in [-0.05, 0) is 42.3 Å². The summed E-state index contributed by atoms with van der Waals surface area (Å²) in [6.07, 6.45) is 0.662. The number of hydrogen-bond acceptors (Lipinski definition) is 5. The Morgan fingerprint density at radius 1 is 0.971 bits per heavy atom. The largest absolute Gasteiger partial charge is 0.482 e. The van der Waals surface area contributed by atoms with Crippen molar-refractivity contribution in [2.24, 2.45) is 0 Å². The highest BCUT2D eigenvalue weighted by atomic mass is 35.5. The first-order valence-electron chi connectivity index (χ1n) is 11.2. The Hall–Kier alpha value is -3.48. The number of anilines is 1. The highest BCUT2D eigenvalue weighted by Gasteiger charge is 2.16. The van der Waals surface area contributed by atoms with Gasteiger partial charge < -0.3 is 19.4 Å². The van der Waals surface area contributed by atoms with Crippen LogP contribution in [0.4, 0.5) is 5.69 Å². The molecule has 1 heterocycles. The van der Waals surface area contributed by atoms with E-state index in [9.17, 15) is 9.59 Å². The lowest BCUT2D eigenvalue weighted by Gasteiger charge is -2.23. The van der Waals surface area contributed by atoms with E-state index < -0.39 is 5.63 Å². The SMILES string of the molecule is O=C(COc1ccc(Cl)cc1Cl)N(CCCNc1cc(=O)oc2ccccc12)Cc1ccccc1. The molecule has 6 nitrogen and oxygen atoms in total. The first-order valence-corrected chi connectivity index (χ1v) is 11.9. The van der Waals surface area contributed by atoms with Crippen molar-refractivity contribution >= 4 is 45.8 Å². The Labute approximate surface area is 213 Å². The van der Waals surface area contributed by atoms with E-state index in [2.05, 4.69) is 5.32 Å². The molecular weight excluding hydrogens is 487 g/mol. The Bertz CT molecular complexity index is 1360. The summed E-state index contributed by atoms with van der Waals surface area (Å²) in [6.45, 7) is 1.37. The van der Waals surface area contributed by atoms with Crippen molar-refractivity contribution in [1.82, 2.24) is 4.90 Å². The molecule has 0 atom stereocenters. The van der Waals surface area contributed by atoms with Crippen molar-refractivity contribution in [2.75, 3.05) is 25.0 Å². The highest BCUT2D eigenvalue weighted by molar-refractivity contribution is 6.35. The first kappa shape index (κ1) is 24.6. The van der Waals surface area contributed by atoms with E-state index in [0.29, 0.717) is 53.1 Å². The summed E-state index contributed by atoms with van der Waals surface area (Å²) in [5.41, 5.74) is 1.84. The summed E-state index contributed by atoms with van der Waals surface area (Å²) in [6, 6.07) is 23.5. The number of carbonyl (C=O) groups excluding carboxylic acids is 1. The van der Waals surface area contributed by atoms with Crippen LogP contribution in [0.1, 0.15) is 12.0 Å². The van der Waals surface area contributed by atoms with Gasteiger partial charge >= 0.3 is 5.63 Å². The summed E-state index contributed by atoms with van der Waals surface area (Å²) in [7, 11) is 0. The minimum atomic E-state index is -0.412. The maximum Gasteiger partial charge on any atom is 0.338 e. The Balaban J connectivity index is 1.39. The van der Waals surface area contributed by atoms with Crippen LogP contribution in [-0.2, 0) is 11.3 Å². The molecule has 4 aromatic rings. The molecule has 180 valence electrons. The van der Waals surface area contributed by atoms with Gasteiger partial charge in [-0.1, -0.05) is 65.7 Å². The number of ether oxygens (including phenoxy) is 1. The van der Waals surface area contributed by atoms with Crippen LogP contribution in [0.25, 0.3) is 11.0 Å². The van der Waals surface area contributed by atoms with Gasteiger partial charge in [-0.3, -0.25) is 4.79 Å². The molecule has 8 heteroatoms. The topological polar surface area (TPSA) is 71.8 Å². The average molecular weight is 511 g/mol. The van der Waals surface area contributed by atoms with Crippen LogP contribution in [0.15, 0.2) is 88.1 Å². The second-order valence-corrected chi connectivity index (χ2v) is 8.76. The molecule has 0 bridgehead atoms. The number of nitrogens with one attached hydrogen (secondary N) is 1. The minimum Gasteiger partial charge on any atom is -0.482 e. The lowest BCUT2D eigenvalue weighted by atomic mass is 10.2. The zero-order valence-electron chi connectivity index (χ0n) is 18.9. The smallest absolute Gasteiger partial charge is 0.338 e. The predicted octanol–water partition coefficient (Wildman–Crippen LogP) is 6.01. The number of carbonyl (C=O) groups is 1. The van der Waals surface area contributed by atoms with Gasteiger partial charge in [-0.25, -0.2) is 4.79 Å². The van der Waals surface area contributed by atoms with Crippen molar-refractivity contribution in [3.8, 4) is 5.75 Å². The molecule has 0 unspecified atom stereocenters. The van der Waals surface area contributed by atoms with Crippen molar-refractivity contribution < 1.29 is 13.9 Å². The van der Waals surface area contributed by atoms with E-state index in [1.165, 1.54) is 6.07 Å². The molecular formula is C27H24Cl2N2O4. The van der Waals surface area contributed by atoms with E-state index in [-0.39, 0.29) is 12.5 Å². The molecule has 35 heavy (non-hydrogen) atoms.